The molecular formula is C11H16ClFN2O2. The van der Waals surface area contributed by atoms with E-state index < -0.39 is 0 Å². The number of amides is 1. The fraction of sp³-hybridized carbons (Fsp3) is 0.364. The van der Waals surface area contributed by atoms with Gasteiger partial charge in [0, 0.05) is 0 Å². The lowest BCUT2D eigenvalue weighted by Gasteiger charge is -2.07. The van der Waals surface area contributed by atoms with Gasteiger partial charge in [-0.05, 0) is 31.3 Å². The van der Waals surface area contributed by atoms with E-state index in [1.54, 1.807) is 19.2 Å². The number of halogens is 2. The molecule has 0 aromatic heterocycles. The van der Waals surface area contributed by atoms with Crippen LogP contribution in [0.3, 0.4) is 0 Å². The molecule has 0 aliphatic carbocycles. The molecule has 0 saturated heterocycles. The van der Waals surface area contributed by atoms with Gasteiger partial charge in [0.25, 0.3) is 0 Å². The summed E-state index contributed by atoms with van der Waals surface area (Å²) in [7, 11) is 1.70. The van der Waals surface area contributed by atoms with Crippen molar-refractivity contribution in [1.82, 2.24) is 10.6 Å². The van der Waals surface area contributed by atoms with Crippen LogP contribution in [0.4, 0.5) is 4.39 Å². The van der Waals surface area contributed by atoms with Crippen LogP contribution in [-0.2, 0) is 4.79 Å². The first-order valence-electron chi connectivity index (χ1n) is 5.02. The Morgan fingerprint density at radius 1 is 1.35 bits per heavy atom. The van der Waals surface area contributed by atoms with E-state index in [-0.39, 0.29) is 30.7 Å². The summed E-state index contributed by atoms with van der Waals surface area (Å²) in [6.45, 7) is 1.08. The molecule has 0 fully saturated rings. The van der Waals surface area contributed by atoms with Crippen LogP contribution in [0.1, 0.15) is 0 Å². The number of carbonyl (C=O) groups is 1. The summed E-state index contributed by atoms with van der Waals surface area (Å²) >= 11 is 0. The van der Waals surface area contributed by atoms with E-state index in [1.807, 2.05) is 0 Å². The van der Waals surface area contributed by atoms with Gasteiger partial charge in [0.05, 0.1) is 13.1 Å². The molecule has 0 saturated carbocycles. The number of benzene rings is 1. The van der Waals surface area contributed by atoms with Crippen LogP contribution in [0.25, 0.3) is 0 Å². The van der Waals surface area contributed by atoms with Crippen molar-refractivity contribution in [2.75, 3.05) is 26.7 Å². The van der Waals surface area contributed by atoms with Crippen LogP contribution in [0, 0.1) is 5.82 Å². The second-order valence-corrected chi connectivity index (χ2v) is 3.18. The largest absolute Gasteiger partial charge is 0.492 e. The molecule has 4 nitrogen and oxygen atoms in total. The van der Waals surface area contributed by atoms with E-state index >= 15 is 0 Å². The lowest BCUT2D eigenvalue weighted by molar-refractivity contribution is -0.120. The van der Waals surface area contributed by atoms with E-state index in [9.17, 15) is 9.18 Å². The minimum atomic E-state index is -0.297. The lowest BCUT2D eigenvalue weighted by Crippen LogP contribution is -2.34. The van der Waals surface area contributed by atoms with E-state index in [0.717, 1.165) is 0 Å². The highest BCUT2D eigenvalue weighted by atomic mass is 35.5. The van der Waals surface area contributed by atoms with Gasteiger partial charge in [0.1, 0.15) is 18.2 Å². The second-order valence-electron chi connectivity index (χ2n) is 3.18. The first-order valence-corrected chi connectivity index (χ1v) is 5.02. The van der Waals surface area contributed by atoms with Crippen molar-refractivity contribution in [3.63, 3.8) is 0 Å². The van der Waals surface area contributed by atoms with Crippen molar-refractivity contribution >= 4 is 18.3 Å². The van der Waals surface area contributed by atoms with Crippen molar-refractivity contribution < 1.29 is 13.9 Å². The molecule has 0 bridgehead atoms. The molecule has 0 heterocycles. The minimum Gasteiger partial charge on any atom is -0.492 e. The van der Waals surface area contributed by atoms with Crippen LogP contribution >= 0.6 is 12.4 Å². The maximum absolute atomic E-state index is 12.5. The van der Waals surface area contributed by atoms with Gasteiger partial charge < -0.3 is 15.4 Å². The number of hydrogen-bond donors (Lipinski definition) is 2. The number of carbonyl (C=O) groups excluding carboxylic acids is 1. The minimum absolute atomic E-state index is 0. The summed E-state index contributed by atoms with van der Waals surface area (Å²) in [5.74, 6) is 0.212. The zero-order valence-electron chi connectivity index (χ0n) is 9.53. The van der Waals surface area contributed by atoms with Gasteiger partial charge >= 0.3 is 0 Å². The highest BCUT2D eigenvalue weighted by molar-refractivity contribution is 5.85. The van der Waals surface area contributed by atoms with Crippen molar-refractivity contribution in [2.45, 2.75) is 0 Å². The summed E-state index contributed by atoms with van der Waals surface area (Å²) in [6, 6.07) is 5.75. The second kappa shape index (κ2) is 8.78. The van der Waals surface area contributed by atoms with Crippen LogP contribution in [0.15, 0.2) is 24.3 Å². The molecule has 0 aliphatic rings. The molecule has 1 amide bonds. The Labute approximate surface area is 106 Å². The zero-order chi connectivity index (χ0) is 11.8. The van der Waals surface area contributed by atoms with Gasteiger partial charge in [-0.2, -0.15) is 0 Å². The van der Waals surface area contributed by atoms with Crippen LogP contribution in [0.2, 0.25) is 0 Å². The van der Waals surface area contributed by atoms with E-state index in [1.165, 1.54) is 12.1 Å². The normalized spacial score (nSPS) is 9.29. The number of nitrogens with one attached hydrogen (secondary N) is 2. The standard InChI is InChI=1S/C11H15FN2O2.ClH/c1-13-8-11(15)14-6-7-16-10-4-2-9(12)3-5-10;/h2-5,13H,6-8H2,1H3,(H,14,15);1H. The summed E-state index contributed by atoms with van der Waals surface area (Å²) in [4.78, 5) is 11.0. The van der Waals surface area contributed by atoms with Gasteiger partial charge in [-0.25, -0.2) is 4.39 Å². The molecule has 1 aromatic carbocycles. The first kappa shape index (κ1) is 15.7. The van der Waals surface area contributed by atoms with Gasteiger partial charge in [-0.15, -0.1) is 12.4 Å². The van der Waals surface area contributed by atoms with Crippen molar-refractivity contribution in [2.24, 2.45) is 0 Å². The Morgan fingerprint density at radius 2 is 2.00 bits per heavy atom. The molecular weight excluding hydrogens is 247 g/mol. The molecule has 96 valence electrons. The molecule has 0 aliphatic heterocycles. The summed E-state index contributed by atoms with van der Waals surface area (Å²) in [5.41, 5.74) is 0. The topological polar surface area (TPSA) is 50.4 Å². The molecule has 1 rings (SSSR count). The molecule has 2 N–H and O–H groups in total. The summed E-state index contributed by atoms with van der Waals surface area (Å²) < 4.78 is 17.8. The molecule has 0 spiro atoms. The average molecular weight is 263 g/mol. The number of likely N-dealkylation sites (N-methyl/N-ethyl adjacent to an activating group) is 1. The Kier molecular flexibility index (Phi) is 8.09. The third-order valence-electron chi connectivity index (χ3n) is 1.84. The number of hydrogen-bond acceptors (Lipinski definition) is 3. The molecule has 17 heavy (non-hydrogen) atoms. The Bertz CT molecular complexity index is 333. The third kappa shape index (κ3) is 6.76. The van der Waals surface area contributed by atoms with Crippen LogP contribution in [0.5, 0.6) is 5.75 Å². The zero-order valence-corrected chi connectivity index (χ0v) is 10.3. The highest BCUT2D eigenvalue weighted by Gasteiger charge is 1.98. The van der Waals surface area contributed by atoms with E-state index in [2.05, 4.69) is 10.6 Å². The maximum atomic E-state index is 12.5. The SMILES string of the molecule is CNCC(=O)NCCOc1ccc(F)cc1.Cl. The third-order valence-corrected chi connectivity index (χ3v) is 1.84. The number of ether oxygens (including phenoxy) is 1. The Hall–Kier alpha value is -1.33. The smallest absolute Gasteiger partial charge is 0.234 e. The molecule has 1 aromatic rings. The van der Waals surface area contributed by atoms with E-state index in [4.69, 9.17) is 4.74 Å². The summed E-state index contributed by atoms with van der Waals surface area (Å²) in [5, 5.41) is 5.40. The molecule has 0 unspecified atom stereocenters. The number of rotatable bonds is 6. The van der Waals surface area contributed by atoms with Crippen molar-refractivity contribution in [1.29, 1.82) is 0 Å². The van der Waals surface area contributed by atoms with E-state index in [0.29, 0.717) is 18.9 Å². The fourth-order valence-corrected chi connectivity index (χ4v) is 1.11. The monoisotopic (exact) mass is 262 g/mol. The Morgan fingerprint density at radius 3 is 2.59 bits per heavy atom. The van der Waals surface area contributed by atoms with Gasteiger partial charge in [-0.1, -0.05) is 0 Å². The molecule has 0 radical (unpaired) electrons. The van der Waals surface area contributed by atoms with Crippen LogP contribution < -0.4 is 15.4 Å². The van der Waals surface area contributed by atoms with Gasteiger partial charge in [0.15, 0.2) is 0 Å². The summed E-state index contributed by atoms with van der Waals surface area (Å²) in [6.07, 6.45) is 0. The first-order chi connectivity index (χ1) is 7.72. The highest BCUT2D eigenvalue weighted by Crippen LogP contribution is 2.10. The molecule has 6 heteroatoms. The maximum Gasteiger partial charge on any atom is 0.234 e. The average Bonchev–Trinajstić information content (AvgIpc) is 2.27. The lowest BCUT2D eigenvalue weighted by atomic mass is 10.3. The quantitative estimate of drug-likeness (QED) is 0.751. The van der Waals surface area contributed by atoms with Crippen LogP contribution in [-0.4, -0.2) is 32.7 Å². The van der Waals surface area contributed by atoms with Crippen molar-refractivity contribution in [3.8, 4) is 5.75 Å². The predicted octanol–water partition coefficient (Wildman–Crippen LogP) is 0.962. The predicted molar refractivity (Wildman–Crippen MR) is 66.1 cm³/mol. The molecule has 0 atom stereocenters. The fourth-order valence-electron chi connectivity index (χ4n) is 1.11. The van der Waals surface area contributed by atoms with Gasteiger partial charge in [0.2, 0.25) is 5.91 Å². The van der Waals surface area contributed by atoms with Gasteiger partial charge in [-0.3, -0.25) is 4.79 Å². The van der Waals surface area contributed by atoms with Crippen molar-refractivity contribution in [3.05, 3.63) is 30.1 Å². The Balaban J connectivity index is 0.00000256.